The summed E-state index contributed by atoms with van der Waals surface area (Å²) < 4.78 is 26.7. The maximum absolute atomic E-state index is 13.8. The molecule has 1 aliphatic heterocycles. The van der Waals surface area contributed by atoms with Crippen LogP contribution in [0, 0.1) is 11.6 Å². The number of fused-ring (bicyclic) bond motifs is 1. The van der Waals surface area contributed by atoms with Crippen molar-refractivity contribution in [3.8, 4) is 0 Å². The molecular weight excluding hydrogens is 468 g/mol. The number of hydrogen-bond acceptors (Lipinski definition) is 6. The Balaban J connectivity index is 1.31. The van der Waals surface area contributed by atoms with Crippen LogP contribution < -0.4 is 16.0 Å². The van der Waals surface area contributed by atoms with E-state index in [9.17, 15) is 18.4 Å². The van der Waals surface area contributed by atoms with Gasteiger partial charge in [0, 0.05) is 33.1 Å². The first-order valence-electron chi connectivity index (χ1n) is 9.86. The van der Waals surface area contributed by atoms with E-state index in [4.69, 9.17) is 5.11 Å². The highest BCUT2D eigenvalue weighted by atomic mass is 32.2. The Hall–Kier alpha value is -3.08. The summed E-state index contributed by atoms with van der Waals surface area (Å²) in [5.41, 5.74) is 2.24. The lowest BCUT2D eigenvalue weighted by molar-refractivity contribution is -0.113. The molecule has 4 rings (SSSR count). The summed E-state index contributed by atoms with van der Waals surface area (Å²) in [5.74, 6) is -1.46. The fourth-order valence-electron chi connectivity index (χ4n) is 3.07. The molecule has 0 fully saturated rings. The van der Waals surface area contributed by atoms with Gasteiger partial charge in [-0.15, -0.1) is 11.8 Å². The van der Waals surface area contributed by atoms with Crippen LogP contribution in [0.25, 0.3) is 0 Å². The second-order valence-corrected chi connectivity index (χ2v) is 9.63. The molecule has 0 aromatic heterocycles. The summed E-state index contributed by atoms with van der Waals surface area (Å²) >= 11 is 2.92. The Kier molecular flexibility index (Phi) is 7.17. The molecular formula is C23H19F2N3O3S2. The van der Waals surface area contributed by atoms with Crippen LogP contribution >= 0.6 is 23.5 Å². The summed E-state index contributed by atoms with van der Waals surface area (Å²) in [7, 11) is 0. The van der Waals surface area contributed by atoms with E-state index < -0.39 is 18.3 Å². The zero-order chi connectivity index (χ0) is 23.4. The van der Waals surface area contributed by atoms with E-state index in [1.54, 1.807) is 6.07 Å². The van der Waals surface area contributed by atoms with Gasteiger partial charge in [0.1, 0.15) is 16.3 Å². The molecule has 2 amide bonds. The van der Waals surface area contributed by atoms with Crippen molar-refractivity contribution in [2.45, 2.75) is 16.2 Å². The van der Waals surface area contributed by atoms with Crippen molar-refractivity contribution in [1.29, 1.82) is 0 Å². The number of carbonyl (C=O) groups excluding carboxylic acids is 2. The van der Waals surface area contributed by atoms with Gasteiger partial charge in [-0.25, -0.2) is 8.78 Å². The fraction of sp³-hybridized carbons (Fsp3) is 0.130. The van der Waals surface area contributed by atoms with Crippen molar-refractivity contribution >= 4 is 52.4 Å². The number of benzene rings is 3. The zero-order valence-corrected chi connectivity index (χ0v) is 18.7. The van der Waals surface area contributed by atoms with Gasteiger partial charge in [0.05, 0.1) is 12.4 Å². The third kappa shape index (κ3) is 5.84. The lowest BCUT2D eigenvalue weighted by Crippen LogP contribution is -2.17. The first-order chi connectivity index (χ1) is 15.9. The van der Waals surface area contributed by atoms with Crippen molar-refractivity contribution in [2.75, 3.05) is 21.7 Å². The first kappa shape index (κ1) is 23.1. The number of halogens is 2. The topological polar surface area (TPSA) is 90.5 Å². The largest absolute Gasteiger partial charge is 0.392 e. The van der Waals surface area contributed by atoms with E-state index >= 15 is 0 Å². The second-order valence-electron chi connectivity index (χ2n) is 7.09. The SMILES string of the molecule is O=C(CSC1Nc2ccc(NC(=O)c3ccc(CO)c(F)c3)cc2S1)Nc1ccc(F)cc1. The van der Waals surface area contributed by atoms with Crippen LogP contribution in [0.2, 0.25) is 0 Å². The molecule has 3 aromatic carbocycles. The predicted molar refractivity (Wildman–Crippen MR) is 127 cm³/mol. The molecule has 1 aliphatic rings. The maximum Gasteiger partial charge on any atom is 0.255 e. The van der Waals surface area contributed by atoms with Crippen LogP contribution in [0.1, 0.15) is 15.9 Å². The number of aliphatic hydroxyl groups is 1. The van der Waals surface area contributed by atoms with Crippen LogP contribution in [0.3, 0.4) is 0 Å². The fourth-order valence-corrected chi connectivity index (χ4v) is 5.30. The molecule has 1 unspecified atom stereocenters. The molecule has 0 saturated heterocycles. The molecule has 0 bridgehead atoms. The number of carbonyl (C=O) groups is 2. The molecule has 33 heavy (non-hydrogen) atoms. The van der Waals surface area contributed by atoms with E-state index in [0.717, 1.165) is 16.6 Å². The number of rotatable bonds is 7. The minimum Gasteiger partial charge on any atom is -0.392 e. The number of nitrogens with one attached hydrogen (secondary N) is 3. The van der Waals surface area contributed by atoms with Gasteiger partial charge >= 0.3 is 0 Å². The number of hydrogen-bond donors (Lipinski definition) is 4. The molecule has 0 aliphatic carbocycles. The van der Waals surface area contributed by atoms with Crippen LogP contribution in [0.15, 0.2) is 65.6 Å². The van der Waals surface area contributed by atoms with E-state index in [-0.39, 0.29) is 33.3 Å². The minimum atomic E-state index is -0.637. The van der Waals surface area contributed by atoms with E-state index in [0.29, 0.717) is 11.4 Å². The monoisotopic (exact) mass is 487 g/mol. The zero-order valence-electron chi connectivity index (χ0n) is 17.1. The summed E-state index contributed by atoms with van der Waals surface area (Å²) in [6.07, 6.45) is 0. The third-order valence-corrected chi connectivity index (χ3v) is 7.20. The van der Waals surface area contributed by atoms with Gasteiger partial charge < -0.3 is 21.1 Å². The van der Waals surface area contributed by atoms with Crippen molar-refractivity contribution < 1.29 is 23.5 Å². The summed E-state index contributed by atoms with van der Waals surface area (Å²) in [6, 6.07) is 14.9. The van der Waals surface area contributed by atoms with Gasteiger partial charge in [-0.05, 0) is 54.6 Å². The first-order valence-corrected chi connectivity index (χ1v) is 11.8. The highest BCUT2D eigenvalue weighted by molar-refractivity contribution is 8.17. The van der Waals surface area contributed by atoms with Gasteiger partial charge in [0.25, 0.3) is 5.91 Å². The van der Waals surface area contributed by atoms with Crippen molar-refractivity contribution in [3.63, 3.8) is 0 Å². The molecule has 4 N–H and O–H groups in total. The smallest absolute Gasteiger partial charge is 0.255 e. The van der Waals surface area contributed by atoms with Crippen molar-refractivity contribution in [3.05, 3.63) is 83.4 Å². The summed E-state index contributed by atoms with van der Waals surface area (Å²) in [4.78, 5) is 25.5. The van der Waals surface area contributed by atoms with E-state index in [1.807, 2.05) is 12.1 Å². The standard InChI is InChI=1S/C23H19F2N3O3S2/c24-15-3-5-16(6-4-15)26-21(30)12-32-23-28-19-8-7-17(10-20(19)33-23)27-22(31)13-1-2-14(11-29)18(25)9-13/h1-10,23,28-29H,11-12H2,(H,26,30)(H,27,31). The Labute approximate surface area is 197 Å². The quantitative estimate of drug-likeness (QED) is 0.380. The maximum atomic E-state index is 13.8. The predicted octanol–water partition coefficient (Wildman–Crippen LogP) is 4.88. The minimum absolute atomic E-state index is 0.0926. The van der Waals surface area contributed by atoms with Crippen LogP contribution in [0.5, 0.6) is 0 Å². The molecule has 1 heterocycles. The molecule has 170 valence electrons. The highest BCUT2D eigenvalue weighted by Crippen LogP contribution is 2.44. The molecule has 0 spiro atoms. The van der Waals surface area contributed by atoms with Crippen molar-refractivity contribution in [1.82, 2.24) is 0 Å². The summed E-state index contributed by atoms with van der Waals surface area (Å²) in [5, 5.41) is 17.8. The normalized spacial score (nSPS) is 14.3. The van der Waals surface area contributed by atoms with Crippen LogP contribution in [-0.4, -0.2) is 27.4 Å². The van der Waals surface area contributed by atoms with Gasteiger partial charge in [-0.1, -0.05) is 17.8 Å². The van der Waals surface area contributed by atoms with Gasteiger partial charge in [0.15, 0.2) is 0 Å². The molecule has 0 radical (unpaired) electrons. The summed E-state index contributed by atoms with van der Waals surface area (Å²) in [6.45, 7) is -0.435. The molecule has 6 nitrogen and oxygen atoms in total. The Bertz CT molecular complexity index is 1190. The van der Waals surface area contributed by atoms with E-state index in [1.165, 1.54) is 59.9 Å². The number of thioether (sulfide) groups is 2. The Morgan fingerprint density at radius 1 is 1.00 bits per heavy atom. The molecule has 0 saturated carbocycles. The number of anilines is 3. The van der Waals surface area contributed by atoms with Crippen LogP contribution in [0.4, 0.5) is 25.8 Å². The Morgan fingerprint density at radius 3 is 2.48 bits per heavy atom. The van der Waals surface area contributed by atoms with E-state index in [2.05, 4.69) is 16.0 Å². The van der Waals surface area contributed by atoms with Crippen LogP contribution in [-0.2, 0) is 11.4 Å². The lowest BCUT2D eigenvalue weighted by Gasteiger charge is -2.10. The highest BCUT2D eigenvalue weighted by Gasteiger charge is 2.23. The average molecular weight is 488 g/mol. The number of amides is 2. The van der Waals surface area contributed by atoms with Gasteiger partial charge in [-0.3, -0.25) is 9.59 Å². The average Bonchev–Trinajstić information content (AvgIpc) is 3.21. The van der Waals surface area contributed by atoms with Crippen molar-refractivity contribution in [2.24, 2.45) is 0 Å². The molecule has 10 heteroatoms. The third-order valence-electron chi connectivity index (χ3n) is 4.73. The number of aliphatic hydroxyl groups excluding tert-OH is 1. The molecule has 3 aromatic rings. The van der Waals surface area contributed by atoms with Gasteiger partial charge in [-0.2, -0.15) is 0 Å². The Morgan fingerprint density at radius 2 is 1.76 bits per heavy atom. The molecule has 1 atom stereocenters. The lowest BCUT2D eigenvalue weighted by atomic mass is 10.1. The van der Waals surface area contributed by atoms with Gasteiger partial charge in [0.2, 0.25) is 5.91 Å². The second kappa shape index (κ2) is 10.2.